The number of aromatic nitrogens is 1. The van der Waals surface area contributed by atoms with Crippen molar-refractivity contribution in [3.05, 3.63) is 96.2 Å². The van der Waals surface area contributed by atoms with Crippen molar-refractivity contribution in [3.63, 3.8) is 0 Å². The minimum absolute atomic E-state index is 0.0798. The largest absolute Gasteiger partial charge is 0.464 e. The van der Waals surface area contributed by atoms with Crippen LogP contribution in [0.25, 0.3) is 17.3 Å². The Morgan fingerprint density at radius 1 is 1.03 bits per heavy atom. The number of benzene rings is 2. The van der Waals surface area contributed by atoms with Crippen LogP contribution in [0.15, 0.2) is 85.1 Å². The SMILES string of the molecule is CCOC(=O)[C@H](O)[C@H](/C=C/c1ccccc1-c1ccccn1)[C@@H](C)c1ccccc1. The number of aliphatic hydroxyl groups excluding tert-OH is 1. The first-order valence-electron chi connectivity index (χ1n) is 10.2. The predicted octanol–water partition coefficient (Wildman–Crippen LogP) is 5.11. The zero-order valence-electron chi connectivity index (χ0n) is 17.3. The first-order chi connectivity index (χ1) is 14.6. The molecule has 154 valence electrons. The monoisotopic (exact) mass is 401 g/mol. The second-order valence-corrected chi connectivity index (χ2v) is 7.13. The Morgan fingerprint density at radius 3 is 2.43 bits per heavy atom. The van der Waals surface area contributed by atoms with Crippen LogP contribution < -0.4 is 0 Å². The van der Waals surface area contributed by atoms with Crippen LogP contribution in [0, 0.1) is 5.92 Å². The molecule has 0 unspecified atom stereocenters. The van der Waals surface area contributed by atoms with E-state index in [-0.39, 0.29) is 12.5 Å². The summed E-state index contributed by atoms with van der Waals surface area (Å²) >= 11 is 0. The number of nitrogens with zero attached hydrogens (tertiary/aromatic N) is 1. The van der Waals surface area contributed by atoms with E-state index in [2.05, 4.69) is 4.98 Å². The molecular weight excluding hydrogens is 374 g/mol. The number of rotatable bonds is 8. The number of hydrogen-bond acceptors (Lipinski definition) is 4. The predicted molar refractivity (Wildman–Crippen MR) is 120 cm³/mol. The van der Waals surface area contributed by atoms with Gasteiger partial charge in [0.25, 0.3) is 0 Å². The molecule has 3 aromatic rings. The summed E-state index contributed by atoms with van der Waals surface area (Å²) in [5.41, 5.74) is 3.88. The third-order valence-electron chi connectivity index (χ3n) is 5.20. The molecule has 1 N–H and O–H groups in total. The van der Waals surface area contributed by atoms with E-state index in [9.17, 15) is 9.90 Å². The van der Waals surface area contributed by atoms with Gasteiger partial charge in [0.2, 0.25) is 0 Å². The lowest BCUT2D eigenvalue weighted by atomic mass is 9.83. The van der Waals surface area contributed by atoms with Gasteiger partial charge >= 0.3 is 5.97 Å². The van der Waals surface area contributed by atoms with Crippen molar-refractivity contribution >= 4 is 12.0 Å². The molecule has 2 aromatic carbocycles. The van der Waals surface area contributed by atoms with Gasteiger partial charge in [-0.25, -0.2) is 4.79 Å². The van der Waals surface area contributed by atoms with Gasteiger partial charge in [-0.15, -0.1) is 0 Å². The van der Waals surface area contributed by atoms with Crippen LogP contribution in [0.4, 0.5) is 0 Å². The Hall–Kier alpha value is -3.24. The van der Waals surface area contributed by atoms with Gasteiger partial charge in [-0.05, 0) is 36.1 Å². The Bertz CT molecular complexity index is 970. The number of ether oxygens (including phenoxy) is 1. The van der Waals surface area contributed by atoms with E-state index in [1.807, 2.05) is 91.9 Å². The van der Waals surface area contributed by atoms with Crippen LogP contribution in [0.5, 0.6) is 0 Å². The summed E-state index contributed by atoms with van der Waals surface area (Å²) in [5, 5.41) is 10.8. The van der Waals surface area contributed by atoms with E-state index in [1.165, 1.54) is 0 Å². The van der Waals surface area contributed by atoms with Crippen molar-refractivity contribution < 1.29 is 14.6 Å². The fourth-order valence-electron chi connectivity index (χ4n) is 3.52. The summed E-state index contributed by atoms with van der Waals surface area (Å²) in [6, 6.07) is 23.6. The molecule has 0 amide bonds. The van der Waals surface area contributed by atoms with Crippen LogP contribution in [0.1, 0.15) is 30.9 Å². The molecule has 0 aliphatic carbocycles. The van der Waals surface area contributed by atoms with Crippen LogP contribution in [-0.4, -0.2) is 28.8 Å². The summed E-state index contributed by atoms with van der Waals surface area (Å²) in [6.07, 6.45) is 4.37. The van der Waals surface area contributed by atoms with Crippen molar-refractivity contribution in [1.82, 2.24) is 4.98 Å². The van der Waals surface area contributed by atoms with E-state index >= 15 is 0 Å². The van der Waals surface area contributed by atoms with Crippen LogP contribution in [0.2, 0.25) is 0 Å². The first-order valence-corrected chi connectivity index (χ1v) is 10.2. The van der Waals surface area contributed by atoms with Gasteiger partial charge in [0, 0.05) is 17.7 Å². The van der Waals surface area contributed by atoms with Gasteiger partial charge < -0.3 is 9.84 Å². The fourth-order valence-corrected chi connectivity index (χ4v) is 3.52. The second-order valence-electron chi connectivity index (χ2n) is 7.13. The summed E-state index contributed by atoms with van der Waals surface area (Å²) in [5.74, 6) is -1.12. The normalized spacial score (nSPS) is 14.2. The molecule has 0 aliphatic rings. The Kier molecular flexibility index (Phi) is 7.52. The third-order valence-corrected chi connectivity index (χ3v) is 5.20. The van der Waals surface area contributed by atoms with Gasteiger partial charge in [0.05, 0.1) is 12.3 Å². The van der Waals surface area contributed by atoms with Gasteiger partial charge in [-0.3, -0.25) is 4.98 Å². The summed E-state index contributed by atoms with van der Waals surface area (Å²) in [7, 11) is 0. The molecule has 1 heterocycles. The zero-order valence-corrected chi connectivity index (χ0v) is 17.3. The maximum atomic E-state index is 12.3. The van der Waals surface area contributed by atoms with Gasteiger partial charge in [-0.1, -0.05) is 79.7 Å². The smallest absolute Gasteiger partial charge is 0.335 e. The maximum absolute atomic E-state index is 12.3. The highest BCUT2D eigenvalue weighted by Crippen LogP contribution is 2.30. The maximum Gasteiger partial charge on any atom is 0.335 e. The summed E-state index contributed by atoms with van der Waals surface area (Å²) in [6.45, 7) is 3.98. The summed E-state index contributed by atoms with van der Waals surface area (Å²) < 4.78 is 5.08. The number of pyridine rings is 1. The van der Waals surface area contributed by atoms with E-state index < -0.39 is 18.0 Å². The molecule has 0 spiro atoms. The molecule has 4 nitrogen and oxygen atoms in total. The van der Waals surface area contributed by atoms with Gasteiger partial charge in [0.1, 0.15) is 0 Å². The summed E-state index contributed by atoms with van der Waals surface area (Å²) in [4.78, 5) is 16.8. The third kappa shape index (κ3) is 5.22. The lowest BCUT2D eigenvalue weighted by Gasteiger charge is -2.25. The van der Waals surface area contributed by atoms with Gasteiger partial charge in [-0.2, -0.15) is 0 Å². The molecule has 30 heavy (non-hydrogen) atoms. The lowest BCUT2D eigenvalue weighted by Crippen LogP contribution is -2.33. The van der Waals surface area contributed by atoms with Crippen molar-refractivity contribution in [2.24, 2.45) is 5.92 Å². The van der Waals surface area contributed by atoms with Crippen LogP contribution in [-0.2, 0) is 9.53 Å². The molecule has 0 saturated carbocycles. The average Bonchev–Trinajstić information content (AvgIpc) is 2.80. The van der Waals surface area contributed by atoms with Crippen molar-refractivity contribution in [1.29, 1.82) is 0 Å². The molecule has 0 saturated heterocycles. The van der Waals surface area contributed by atoms with Crippen molar-refractivity contribution in [2.75, 3.05) is 6.61 Å². The Labute approximate surface area is 177 Å². The second kappa shape index (κ2) is 10.5. The molecule has 4 heteroatoms. The minimum atomic E-state index is -1.25. The zero-order chi connectivity index (χ0) is 21.3. The molecule has 1 aromatic heterocycles. The highest BCUT2D eigenvalue weighted by molar-refractivity contribution is 5.76. The fraction of sp³-hybridized carbons (Fsp3) is 0.231. The van der Waals surface area contributed by atoms with Gasteiger partial charge in [0.15, 0.2) is 6.10 Å². The number of carbonyl (C=O) groups is 1. The molecular formula is C26H27NO3. The van der Waals surface area contributed by atoms with Crippen LogP contribution in [0.3, 0.4) is 0 Å². The van der Waals surface area contributed by atoms with E-state index in [4.69, 9.17) is 4.74 Å². The number of esters is 1. The molecule has 0 fully saturated rings. The van der Waals surface area contributed by atoms with E-state index in [1.54, 1.807) is 13.1 Å². The topological polar surface area (TPSA) is 59.4 Å². The van der Waals surface area contributed by atoms with E-state index in [0.717, 1.165) is 22.4 Å². The van der Waals surface area contributed by atoms with Crippen LogP contribution >= 0.6 is 0 Å². The average molecular weight is 402 g/mol. The number of aliphatic hydroxyl groups is 1. The lowest BCUT2D eigenvalue weighted by molar-refractivity contribution is -0.155. The van der Waals surface area contributed by atoms with Crippen molar-refractivity contribution in [3.8, 4) is 11.3 Å². The Balaban J connectivity index is 1.95. The molecule has 3 atom stereocenters. The quantitative estimate of drug-likeness (QED) is 0.533. The molecule has 0 bridgehead atoms. The van der Waals surface area contributed by atoms with Crippen molar-refractivity contribution in [2.45, 2.75) is 25.9 Å². The first kappa shape index (κ1) is 21.5. The standard InChI is InChI=1S/C26H27NO3/c1-3-30-26(29)25(28)22(19(2)20-11-5-4-6-12-20)17-16-21-13-7-8-14-23(21)24-15-9-10-18-27-24/h4-19,22,25,28H,3H2,1-2H3/b17-16+/t19-,22+,25+/m0/s1. The number of hydrogen-bond donors (Lipinski definition) is 1. The molecule has 3 rings (SSSR count). The number of carbonyl (C=O) groups excluding carboxylic acids is 1. The molecule has 0 radical (unpaired) electrons. The minimum Gasteiger partial charge on any atom is -0.464 e. The molecule has 0 aliphatic heterocycles. The Morgan fingerprint density at radius 2 is 1.73 bits per heavy atom. The highest BCUT2D eigenvalue weighted by Gasteiger charge is 2.30. The van der Waals surface area contributed by atoms with E-state index in [0.29, 0.717) is 0 Å². The highest BCUT2D eigenvalue weighted by atomic mass is 16.5.